The van der Waals surface area contributed by atoms with Crippen molar-refractivity contribution < 1.29 is 4.79 Å². The van der Waals surface area contributed by atoms with Gasteiger partial charge in [0.2, 0.25) is 11.9 Å². The highest BCUT2D eigenvalue weighted by molar-refractivity contribution is 5.80. The first-order valence-corrected chi connectivity index (χ1v) is 7.30. The number of nitrogens with one attached hydrogen (secondary N) is 1. The molecule has 124 valence electrons. The Kier molecular flexibility index (Phi) is 3.68. The molecule has 0 aliphatic carbocycles. The van der Waals surface area contributed by atoms with E-state index in [-0.39, 0.29) is 17.7 Å². The topological polar surface area (TPSA) is 122 Å². The Morgan fingerprint density at radius 1 is 1.22 bits per heavy atom. The Bertz CT molecular complexity index is 870. The molecule has 0 radical (unpaired) electrons. The molecule has 1 fully saturated rings. The maximum Gasteiger partial charge on any atom is 0.329 e. The number of aromatic amines is 1. The number of hydrogen-bond acceptors (Lipinski definition) is 6. The van der Waals surface area contributed by atoms with E-state index in [1.807, 2.05) is 11.9 Å². The second-order valence-electron chi connectivity index (χ2n) is 5.75. The predicted molar refractivity (Wildman–Crippen MR) is 84.5 cm³/mol. The summed E-state index contributed by atoms with van der Waals surface area (Å²) in [6.07, 6.45) is 0. The molecular weight excluding hydrogens is 302 g/mol. The average molecular weight is 321 g/mol. The Labute approximate surface area is 131 Å². The summed E-state index contributed by atoms with van der Waals surface area (Å²) in [6.45, 7) is 2.94. The summed E-state index contributed by atoms with van der Waals surface area (Å²) in [5.41, 5.74) is 4.63. The Hall–Kier alpha value is -2.62. The van der Waals surface area contributed by atoms with Gasteiger partial charge in [0.25, 0.3) is 5.56 Å². The van der Waals surface area contributed by atoms with E-state index in [4.69, 9.17) is 5.73 Å². The average Bonchev–Trinajstić information content (AvgIpc) is 2.85. The van der Waals surface area contributed by atoms with Crippen LogP contribution in [0.25, 0.3) is 11.2 Å². The number of rotatable bonds is 3. The monoisotopic (exact) mass is 321 g/mol. The minimum atomic E-state index is -0.576. The molecule has 0 atom stereocenters. The number of hydrogen-bond donors (Lipinski definition) is 2. The number of amides is 1. The van der Waals surface area contributed by atoms with Crippen LogP contribution in [0.3, 0.4) is 0 Å². The number of nitrogens with two attached hydrogens (primary N) is 1. The normalized spacial score (nSPS) is 16.2. The van der Waals surface area contributed by atoms with Crippen LogP contribution in [-0.2, 0) is 18.4 Å². The zero-order valence-electron chi connectivity index (χ0n) is 13.1. The van der Waals surface area contributed by atoms with Crippen molar-refractivity contribution in [3.8, 4) is 0 Å². The van der Waals surface area contributed by atoms with Crippen LogP contribution in [0.15, 0.2) is 9.59 Å². The van der Waals surface area contributed by atoms with Crippen LogP contribution in [0.4, 0.5) is 5.95 Å². The third-order valence-electron chi connectivity index (χ3n) is 4.09. The lowest BCUT2D eigenvalue weighted by Crippen LogP contribution is -2.45. The fraction of sp³-hybridized carbons (Fsp3) is 0.538. The molecule has 0 saturated carbocycles. The van der Waals surface area contributed by atoms with Crippen LogP contribution in [0.5, 0.6) is 0 Å². The van der Waals surface area contributed by atoms with Gasteiger partial charge in [-0.2, -0.15) is 4.98 Å². The number of piperazine rings is 1. The van der Waals surface area contributed by atoms with Gasteiger partial charge in [0, 0.05) is 33.2 Å². The third kappa shape index (κ3) is 2.61. The fourth-order valence-electron chi connectivity index (χ4n) is 2.78. The van der Waals surface area contributed by atoms with Crippen molar-refractivity contribution in [2.45, 2.75) is 6.54 Å². The molecule has 0 aromatic carbocycles. The largest absolute Gasteiger partial charge is 0.368 e. The number of aromatic nitrogens is 4. The smallest absolute Gasteiger partial charge is 0.329 e. The summed E-state index contributed by atoms with van der Waals surface area (Å²) < 4.78 is 2.75. The van der Waals surface area contributed by atoms with E-state index < -0.39 is 17.2 Å². The molecule has 1 aliphatic heterocycles. The van der Waals surface area contributed by atoms with E-state index in [1.165, 1.54) is 16.2 Å². The molecule has 1 aliphatic rings. The fourth-order valence-corrected chi connectivity index (χ4v) is 2.78. The number of primary amides is 1. The second-order valence-corrected chi connectivity index (χ2v) is 5.75. The highest BCUT2D eigenvalue weighted by Gasteiger charge is 2.24. The van der Waals surface area contributed by atoms with Crippen LogP contribution >= 0.6 is 0 Å². The summed E-state index contributed by atoms with van der Waals surface area (Å²) in [6, 6.07) is 0. The summed E-state index contributed by atoms with van der Waals surface area (Å²) >= 11 is 0. The Morgan fingerprint density at radius 2 is 1.87 bits per heavy atom. The van der Waals surface area contributed by atoms with Crippen molar-refractivity contribution in [1.82, 2.24) is 24.0 Å². The van der Waals surface area contributed by atoms with E-state index in [1.54, 1.807) is 0 Å². The van der Waals surface area contributed by atoms with Crippen molar-refractivity contribution in [3.05, 3.63) is 20.8 Å². The van der Waals surface area contributed by atoms with Crippen molar-refractivity contribution >= 4 is 23.0 Å². The van der Waals surface area contributed by atoms with E-state index in [9.17, 15) is 14.4 Å². The third-order valence-corrected chi connectivity index (χ3v) is 4.09. The standard InChI is InChI=1S/C13H19N7O3/c1-17-3-5-19(6-4-17)12-15-10-9(20(12)7-8(14)21)11(22)16-13(23)18(10)2/h3-7H2,1-2H3,(H2,14,21)(H,16,22,23). The molecule has 3 rings (SSSR count). The van der Waals surface area contributed by atoms with Gasteiger partial charge < -0.3 is 15.5 Å². The van der Waals surface area contributed by atoms with Gasteiger partial charge in [-0.1, -0.05) is 0 Å². The minimum Gasteiger partial charge on any atom is -0.368 e. The van der Waals surface area contributed by atoms with Gasteiger partial charge in [0.15, 0.2) is 11.2 Å². The first kappa shape index (κ1) is 15.3. The van der Waals surface area contributed by atoms with E-state index in [2.05, 4.69) is 14.9 Å². The number of carbonyl (C=O) groups excluding carboxylic acids is 1. The SMILES string of the molecule is CN1CCN(c2nc3c(c(=O)[nH]c(=O)n3C)n2CC(N)=O)CC1. The molecule has 3 N–H and O–H groups in total. The van der Waals surface area contributed by atoms with Gasteiger partial charge in [-0.3, -0.25) is 23.7 Å². The van der Waals surface area contributed by atoms with Crippen LogP contribution in [-0.4, -0.2) is 63.1 Å². The van der Waals surface area contributed by atoms with Crippen molar-refractivity contribution in [2.75, 3.05) is 38.1 Å². The molecule has 10 heteroatoms. The van der Waals surface area contributed by atoms with Gasteiger partial charge >= 0.3 is 5.69 Å². The van der Waals surface area contributed by atoms with Gasteiger partial charge in [-0.05, 0) is 7.05 Å². The van der Waals surface area contributed by atoms with Crippen LogP contribution in [0.2, 0.25) is 0 Å². The number of aryl methyl sites for hydroxylation is 1. The number of fused-ring (bicyclic) bond motifs is 1. The molecule has 0 bridgehead atoms. The lowest BCUT2D eigenvalue weighted by molar-refractivity contribution is -0.118. The van der Waals surface area contributed by atoms with Gasteiger partial charge in [-0.25, -0.2) is 4.79 Å². The van der Waals surface area contributed by atoms with Crippen molar-refractivity contribution in [1.29, 1.82) is 0 Å². The van der Waals surface area contributed by atoms with Crippen molar-refractivity contribution in [3.63, 3.8) is 0 Å². The molecule has 0 spiro atoms. The van der Waals surface area contributed by atoms with E-state index in [0.717, 1.165) is 13.1 Å². The first-order valence-electron chi connectivity index (χ1n) is 7.30. The summed E-state index contributed by atoms with van der Waals surface area (Å²) in [7, 11) is 3.55. The molecule has 1 amide bonds. The maximum absolute atomic E-state index is 12.2. The van der Waals surface area contributed by atoms with E-state index >= 15 is 0 Å². The number of carbonyl (C=O) groups is 1. The zero-order chi connectivity index (χ0) is 16.7. The molecule has 0 unspecified atom stereocenters. The predicted octanol–water partition coefficient (Wildman–Crippen LogP) is -2.34. The Balaban J connectivity index is 2.22. The summed E-state index contributed by atoms with van der Waals surface area (Å²) in [5.74, 6) is -0.0912. The Morgan fingerprint density at radius 3 is 2.48 bits per heavy atom. The lowest BCUT2D eigenvalue weighted by Gasteiger charge is -2.33. The van der Waals surface area contributed by atoms with Gasteiger partial charge in [-0.15, -0.1) is 0 Å². The highest BCUT2D eigenvalue weighted by atomic mass is 16.2. The summed E-state index contributed by atoms with van der Waals surface area (Å²) in [4.78, 5) is 46.2. The second kappa shape index (κ2) is 5.54. The lowest BCUT2D eigenvalue weighted by atomic mass is 10.3. The van der Waals surface area contributed by atoms with Crippen molar-refractivity contribution in [2.24, 2.45) is 12.8 Å². The van der Waals surface area contributed by atoms with Gasteiger partial charge in [0.1, 0.15) is 6.54 Å². The molecule has 3 heterocycles. The first-order chi connectivity index (χ1) is 10.9. The number of likely N-dealkylation sites (N-methyl/N-ethyl adjacent to an activating group) is 1. The zero-order valence-corrected chi connectivity index (χ0v) is 13.1. The number of nitrogens with zero attached hydrogens (tertiary/aromatic N) is 5. The number of anilines is 1. The molecule has 2 aromatic rings. The van der Waals surface area contributed by atoms with Crippen LogP contribution in [0.1, 0.15) is 0 Å². The number of H-pyrrole nitrogens is 1. The van der Waals surface area contributed by atoms with Crippen LogP contribution < -0.4 is 21.9 Å². The highest BCUT2D eigenvalue weighted by Crippen LogP contribution is 2.20. The molecule has 10 nitrogen and oxygen atoms in total. The van der Waals surface area contributed by atoms with E-state index in [0.29, 0.717) is 19.0 Å². The molecular formula is C13H19N7O3. The maximum atomic E-state index is 12.2. The molecule has 2 aromatic heterocycles. The van der Waals surface area contributed by atoms with Gasteiger partial charge in [0.05, 0.1) is 0 Å². The minimum absolute atomic E-state index is 0.167. The summed E-state index contributed by atoms with van der Waals surface area (Å²) in [5, 5.41) is 0. The number of imidazole rings is 1. The molecule has 1 saturated heterocycles. The van der Waals surface area contributed by atoms with Crippen LogP contribution in [0, 0.1) is 0 Å². The quantitative estimate of drug-likeness (QED) is 0.653. The molecule has 23 heavy (non-hydrogen) atoms.